The van der Waals surface area contributed by atoms with Gasteiger partial charge in [-0.1, -0.05) is 0 Å². The first-order chi connectivity index (χ1) is 8.79. The summed E-state index contributed by atoms with van der Waals surface area (Å²) in [5.74, 6) is -1.09. The van der Waals surface area contributed by atoms with E-state index >= 15 is 0 Å². The predicted molar refractivity (Wildman–Crippen MR) is 64.0 cm³/mol. The van der Waals surface area contributed by atoms with E-state index in [9.17, 15) is 18.0 Å². The average molecular weight is 277 g/mol. The smallest absolute Gasteiger partial charge is 0.389 e. The zero-order chi connectivity index (χ0) is 14.5. The van der Waals surface area contributed by atoms with Gasteiger partial charge in [0.15, 0.2) is 0 Å². The van der Waals surface area contributed by atoms with Crippen LogP contribution in [-0.2, 0) is 0 Å². The number of carboxylic acid groups (broad SMARTS) is 1. The molecule has 0 aliphatic carbocycles. The molecule has 0 radical (unpaired) electrons. The van der Waals surface area contributed by atoms with Crippen LogP contribution in [0.1, 0.15) is 29.6 Å². The number of hydrogen-bond donors (Lipinski definition) is 3. The van der Waals surface area contributed by atoms with Crippen molar-refractivity contribution in [3.63, 3.8) is 0 Å². The third-order valence-corrected chi connectivity index (χ3v) is 2.32. The van der Waals surface area contributed by atoms with E-state index < -0.39 is 18.6 Å². The molecule has 8 heteroatoms. The molecule has 19 heavy (non-hydrogen) atoms. The van der Waals surface area contributed by atoms with Crippen LogP contribution in [0.15, 0.2) is 12.3 Å². The quantitative estimate of drug-likeness (QED) is 0.695. The van der Waals surface area contributed by atoms with Gasteiger partial charge < -0.3 is 16.2 Å². The third-order valence-electron chi connectivity index (χ3n) is 2.32. The van der Waals surface area contributed by atoms with E-state index in [1.165, 1.54) is 12.3 Å². The van der Waals surface area contributed by atoms with Crippen molar-refractivity contribution in [1.29, 1.82) is 0 Å². The molecule has 0 aliphatic heterocycles. The molecule has 0 saturated heterocycles. The molecule has 0 unspecified atom stereocenters. The number of anilines is 2. The van der Waals surface area contributed by atoms with Crippen LogP contribution < -0.4 is 11.1 Å². The summed E-state index contributed by atoms with van der Waals surface area (Å²) in [5.41, 5.74) is 5.52. The van der Waals surface area contributed by atoms with Crippen LogP contribution in [0.2, 0.25) is 0 Å². The van der Waals surface area contributed by atoms with Crippen molar-refractivity contribution in [1.82, 2.24) is 4.98 Å². The maximum atomic E-state index is 11.9. The second kappa shape index (κ2) is 6.26. The molecule has 0 atom stereocenters. The fraction of sp³-hybridized carbons (Fsp3) is 0.455. The molecular weight excluding hydrogens is 263 g/mol. The lowest BCUT2D eigenvalue weighted by atomic mass is 10.2. The van der Waals surface area contributed by atoms with Crippen LogP contribution >= 0.6 is 0 Å². The van der Waals surface area contributed by atoms with Gasteiger partial charge in [-0.05, 0) is 18.9 Å². The lowest BCUT2D eigenvalue weighted by Crippen LogP contribution is -2.12. The number of nitrogens with two attached hydrogens (primary N) is 1. The molecule has 1 rings (SSSR count). The molecule has 4 N–H and O–H groups in total. The van der Waals surface area contributed by atoms with E-state index in [1.54, 1.807) is 0 Å². The van der Waals surface area contributed by atoms with E-state index in [0.29, 0.717) is 0 Å². The predicted octanol–water partition coefficient (Wildman–Crippen LogP) is 2.51. The van der Waals surface area contributed by atoms with Crippen LogP contribution in [0.4, 0.5) is 24.7 Å². The summed E-state index contributed by atoms with van der Waals surface area (Å²) in [4.78, 5) is 14.7. The summed E-state index contributed by atoms with van der Waals surface area (Å²) in [6.45, 7) is 0.216. The average Bonchev–Trinajstić information content (AvgIpc) is 2.28. The molecule has 0 aromatic carbocycles. The standard InChI is InChI=1S/C11H14F3N3O2/c12-11(13,14)3-1-2-4-16-9-8(10(18)19)5-7(15)6-17-9/h5-6H,1-4,15H2,(H,16,17)(H,18,19). The molecule has 5 nitrogen and oxygen atoms in total. The van der Waals surface area contributed by atoms with Crippen molar-refractivity contribution in [2.75, 3.05) is 17.6 Å². The Morgan fingerprint density at radius 3 is 2.68 bits per heavy atom. The Labute approximate surface area is 107 Å². The van der Waals surface area contributed by atoms with Crippen molar-refractivity contribution in [2.45, 2.75) is 25.4 Å². The van der Waals surface area contributed by atoms with Crippen molar-refractivity contribution in [3.8, 4) is 0 Å². The number of nitrogen functional groups attached to an aromatic ring is 1. The van der Waals surface area contributed by atoms with Gasteiger partial charge in [-0.2, -0.15) is 13.2 Å². The third kappa shape index (κ3) is 5.45. The molecule has 0 bridgehead atoms. The molecule has 1 aromatic rings. The number of rotatable bonds is 6. The first kappa shape index (κ1) is 15.1. The Morgan fingerprint density at radius 2 is 2.11 bits per heavy atom. The molecule has 0 aliphatic rings. The molecule has 0 saturated carbocycles. The van der Waals surface area contributed by atoms with Crippen molar-refractivity contribution < 1.29 is 23.1 Å². The Morgan fingerprint density at radius 1 is 1.42 bits per heavy atom. The van der Waals surface area contributed by atoms with Crippen LogP contribution in [0, 0.1) is 0 Å². The molecular formula is C11H14F3N3O2. The van der Waals surface area contributed by atoms with E-state index in [2.05, 4.69) is 10.3 Å². The zero-order valence-electron chi connectivity index (χ0n) is 10.00. The number of hydrogen-bond acceptors (Lipinski definition) is 4. The highest BCUT2D eigenvalue weighted by Gasteiger charge is 2.25. The second-order valence-corrected chi connectivity index (χ2v) is 3.97. The summed E-state index contributed by atoms with van der Waals surface area (Å²) < 4.78 is 35.7. The van der Waals surface area contributed by atoms with Gasteiger partial charge in [0.25, 0.3) is 0 Å². The minimum absolute atomic E-state index is 0.0200. The first-order valence-electron chi connectivity index (χ1n) is 5.59. The van der Waals surface area contributed by atoms with Crippen LogP contribution in [0.5, 0.6) is 0 Å². The van der Waals surface area contributed by atoms with E-state index in [0.717, 1.165) is 0 Å². The van der Waals surface area contributed by atoms with E-state index in [1.807, 2.05) is 0 Å². The number of carbonyl (C=O) groups is 1. The minimum atomic E-state index is -4.16. The largest absolute Gasteiger partial charge is 0.478 e. The molecule has 0 spiro atoms. The van der Waals surface area contributed by atoms with Crippen molar-refractivity contribution in [3.05, 3.63) is 17.8 Å². The van der Waals surface area contributed by atoms with Gasteiger partial charge >= 0.3 is 12.1 Å². The number of halogens is 3. The highest BCUT2D eigenvalue weighted by molar-refractivity contribution is 5.94. The minimum Gasteiger partial charge on any atom is -0.478 e. The fourth-order valence-electron chi connectivity index (χ4n) is 1.44. The molecule has 106 valence electrons. The van der Waals surface area contributed by atoms with Gasteiger partial charge in [0.1, 0.15) is 11.4 Å². The fourth-order valence-corrected chi connectivity index (χ4v) is 1.44. The number of pyridine rings is 1. The topological polar surface area (TPSA) is 88.2 Å². The van der Waals surface area contributed by atoms with Gasteiger partial charge in [0.2, 0.25) is 0 Å². The summed E-state index contributed by atoms with van der Waals surface area (Å²) in [7, 11) is 0. The highest BCUT2D eigenvalue weighted by Crippen LogP contribution is 2.22. The number of aromatic carboxylic acids is 1. The maximum Gasteiger partial charge on any atom is 0.389 e. The Bertz CT molecular complexity index is 449. The summed E-state index contributed by atoms with van der Waals surface area (Å²) in [6, 6.07) is 1.24. The van der Waals surface area contributed by atoms with Gasteiger partial charge in [0.05, 0.1) is 11.9 Å². The number of alkyl halides is 3. The maximum absolute atomic E-state index is 11.9. The zero-order valence-corrected chi connectivity index (χ0v) is 10.00. The number of carboxylic acids is 1. The number of nitrogens with one attached hydrogen (secondary N) is 1. The first-order valence-corrected chi connectivity index (χ1v) is 5.59. The number of aromatic nitrogens is 1. The Hall–Kier alpha value is -1.99. The normalized spacial score (nSPS) is 11.3. The summed E-state index contributed by atoms with van der Waals surface area (Å²) in [5, 5.41) is 11.6. The molecule has 1 heterocycles. The Balaban J connectivity index is 2.47. The molecule has 0 amide bonds. The lowest BCUT2D eigenvalue weighted by molar-refractivity contribution is -0.135. The number of unbranched alkanes of at least 4 members (excludes halogenated alkanes) is 1. The SMILES string of the molecule is Nc1cnc(NCCCCC(F)(F)F)c(C(=O)O)c1. The summed E-state index contributed by atoms with van der Waals surface area (Å²) in [6.07, 6.45) is -3.48. The van der Waals surface area contributed by atoms with Crippen molar-refractivity contribution in [2.24, 2.45) is 0 Å². The Kier molecular flexibility index (Phi) is 4.96. The van der Waals surface area contributed by atoms with Gasteiger partial charge in [0, 0.05) is 13.0 Å². The second-order valence-electron chi connectivity index (χ2n) is 3.97. The van der Waals surface area contributed by atoms with Crippen LogP contribution in [0.25, 0.3) is 0 Å². The van der Waals surface area contributed by atoms with Crippen LogP contribution in [-0.4, -0.2) is 28.8 Å². The number of nitrogens with zero attached hydrogens (tertiary/aromatic N) is 1. The van der Waals surface area contributed by atoms with E-state index in [4.69, 9.17) is 10.8 Å². The monoisotopic (exact) mass is 277 g/mol. The van der Waals surface area contributed by atoms with Crippen LogP contribution in [0.3, 0.4) is 0 Å². The highest BCUT2D eigenvalue weighted by atomic mass is 19.4. The van der Waals surface area contributed by atoms with E-state index in [-0.39, 0.29) is 36.5 Å². The van der Waals surface area contributed by atoms with Crippen molar-refractivity contribution >= 4 is 17.5 Å². The van der Waals surface area contributed by atoms with Gasteiger partial charge in [-0.15, -0.1) is 0 Å². The lowest BCUT2D eigenvalue weighted by Gasteiger charge is -2.09. The van der Waals surface area contributed by atoms with Gasteiger partial charge in [-0.3, -0.25) is 0 Å². The molecule has 1 aromatic heterocycles. The summed E-state index contributed by atoms with van der Waals surface area (Å²) >= 11 is 0. The van der Waals surface area contributed by atoms with Gasteiger partial charge in [-0.25, -0.2) is 9.78 Å². The molecule has 0 fully saturated rings.